The highest BCUT2D eigenvalue weighted by atomic mass is 32.2. The predicted molar refractivity (Wildman–Crippen MR) is 74.0 cm³/mol. The zero-order valence-electron chi connectivity index (χ0n) is 10.4. The van der Waals surface area contributed by atoms with Crippen molar-refractivity contribution in [1.29, 1.82) is 0 Å². The lowest BCUT2D eigenvalue weighted by molar-refractivity contribution is 0.467. The molecule has 1 aliphatic carbocycles. The highest BCUT2D eigenvalue weighted by molar-refractivity contribution is 7.99. The van der Waals surface area contributed by atoms with Gasteiger partial charge in [-0.15, -0.1) is 0 Å². The topological polar surface area (TPSA) is 38.0 Å². The van der Waals surface area contributed by atoms with Crippen LogP contribution in [0.3, 0.4) is 0 Å². The van der Waals surface area contributed by atoms with Crippen LogP contribution in [-0.2, 0) is 0 Å². The van der Waals surface area contributed by atoms with Gasteiger partial charge in [-0.2, -0.15) is 11.8 Å². The molecule has 1 aromatic rings. The van der Waals surface area contributed by atoms with Gasteiger partial charge in [0.15, 0.2) is 11.6 Å². The third-order valence-corrected chi connectivity index (χ3v) is 4.53. The molecule has 1 fully saturated rings. The number of nitrogens with two attached hydrogens (primary N) is 1. The summed E-state index contributed by atoms with van der Waals surface area (Å²) in [5.41, 5.74) is 6.08. The lowest BCUT2D eigenvalue weighted by Gasteiger charge is -2.29. The Labute approximate surface area is 110 Å². The van der Waals surface area contributed by atoms with E-state index >= 15 is 0 Å². The van der Waals surface area contributed by atoms with Crippen LogP contribution in [0.5, 0.6) is 0 Å². The molecule has 0 spiro atoms. The number of rotatable bonds is 3. The summed E-state index contributed by atoms with van der Waals surface area (Å²) in [6.07, 6.45) is 6.34. The van der Waals surface area contributed by atoms with Crippen molar-refractivity contribution in [3.05, 3.63) is 23.8 Å². The Morgan fingerprint density at radius 1 is 1.33 bits per heavy atom. The molecule has 18 heavy (non-hydrogen) atoms. The molecule has 100 valence electrons. The standard InChI is InChI=1S/C13H18F2N2S/c1-18-9-4-2-3-8(7-9)17-13-11(16)6-5-10(14)12(13)15/h5-6,8-9,17H,2-4,7,16H2,1H3. The number of nitrogen functional groups attached to an aromatic ring is 1. The first-order valence-corrected chi connectivity index (χ1v) is 7.43. The summed E-state index contributed by atoms with van der Waals surface area (Å²) in [5, 5.41) is 3.66. The van der Waals surface area contributed by atoms with Crippen molar-refractivity contribution in [2.75, 3.05) is 17.3 Å². The van der Waals surface area contributed by atoms with Crippen LogP contribution in [-0.4, -0.2) is 17.5 Å². The molecule has 0 bridgehead atoms. The molecule has 0 radical (unpaired) electrons. The average molecular weight is 272 g/mol. The van der Waals surface area contributed by atoms with Crippen molar-refractivity contribution in [3.63, 3.8) is 0 Å². The number of thioether (sulfide) groups is 1. The van der Waals surface area contributed by atoms with Crippen molar-refractivity contribution < 1.29 is 8.78 Å². The molecule has 0 aromatic heterocycles. The number of halogens is 2. The molecule has 2 unspecified atom stereocenters. The smallest absolute Gasteiger partial charge is 0.183 e. The number of hydrogen-bond acceptors (Lipinski definition) is 3. The second-order valence-electron chi connectivity index (χ2n) is 4.69. The van der Waals surface area contributed by atoms with Crippen molar-refractivity contribution >= 4 is 23.1 Å². The van der Waals surface area contributed by atoms with Gasteiger partial charge in [-0.25, -0.2) is 8.78 Å². The molecule has 1 saturated carbocycles. The maximum atomic E-state index is 13.7. The Morgan fingerprint density at radius 3 is 2.83 bits per heavy atom. The second kappa shape index (κ2) is 5.78. The maximum Gasteiger partial charge on any atom is 0.183 e. The monoisotopic (exact) mass is 272 g/mol. The summed E-state index contributed by atoms with van der Waals surface area (Å²) in [6.45, 7) is 0. The summed E-state index contributed by atoms with van der Waals surface area (Å²) in [7, 11) is 0. The number of nitrogens with one attached hydrogen (secondary N) is 1. The third-order valence-electron chi connectivity index (χ3n) is 3.43. The normalized spacial score (nSPS) is 23.9. The predicted octanol–water partition coefficient (Wildman–Crippen LogP) is 3.63. The van der Waals surface area contributed by atoms with E-state index in [0.29, 0.717) is 5.25 Å². The molecule has 2 atom stereocenters. The lowest BCUT2D eigenvalue weighted by Crippen LogP contribution is -2.29. The van der Waals surface area contributed by atoms with Gasteiger partial charge in [0.1, 0.15) is 0 Å². The quantitative estimate of drug-likeness (QED) is 0.825. The van der Waals surface area contributed by atoms with Crippen LogP contribution in [0.1, 0.15) is 25.7 Å². The fourth-order valence-electron chi connectivity index (χ4n) is 2.41. The molecule has 1 aromatic carbocycles. The van der Waals surface area contributed by atoms with Gasteiger partial charge < -0.3 is 11.1 Å². The van der Waals surface area contributed by atoms with Crippen LogP contribution in [0.25, 0.3) is 0 Å². The molecule has 0 saturated heterocycles. The van der Waals surface area contributed by atoms with Gasteiger partial charge in [0.25, 0.3) is 0 Å². The van der Waals surface area contributed by atoms with E-state index < -0.39 is 11.6 Å². The highest BCUT2D eigenvalue weighted by Gasteiger charge is 2.23. The molecule has 1 aliphatic rings. The van der Waals surface area contributed by atoms with E-state index in [9.17, 15) is 8.78 Å². The molecule has 2 rings (SSSR count). The lowest BCUT2D eigenvalue weighted by atomic mass is 9.94. The summed E-state index contributed by atoms with van der Waals surface area (Å²) in [6, 6.07) is 2.63. The van der Waals surface area contributed by atoms with E-state index in [-0.39, 0.29) is 17.4 Å². The molecule has 2 nitrogen and oxygen atoms in total. The summed E-state index contributed by atoms with van der Waals surface area (Å²) >= 11 is 1.83. The fraction of sp³-hybridized carbons (Fsp3) is 0.538. The van der Waals surface area contributed by atoms with Crippen LogP contribution < -0.4 is 11.1 Å². The summed E-state index contributed by atoms with van der Waals surface area (Å²) in [5.74, 6) is -1.73. The van der Waals surface area contributed by atoms with Crippen molar-refractivity contribution in [3.8, 4) is 0 Å². The first kappa shape index (κ1) is 13.5. The Hall–Kier alpha value is -0.970. The summed E-state index contributed by atoms with van der Waals surface area (Å²) in [4.78, 5) is 0. The van der Waals surface area contributed by atoms with Crippen LogP contribution in [0.4, 0.5) is 20.2 Å². The Kier molecular flexibility index (Phi) is 4.32. The highest BCUT2D eigenvalue weighted by Crippen LogP contribution is 2.32. The van der Waals surface area contributed by atoms with Crippen molar-refractivity contribution in [2.24, 2.45) is 0 Å². The fourth-order valence-corrected chi connectivity index (χ4v) is 3.23. The SMILES string of the molecule is CSC1CCCC(Nc2c(N)ccc(F)c2F)C1. The van der Waals surface area contributed by atoms with E-state index in [0.717, 1.165) is 25.3 Å². The Bertz CT molecular complexity index is 426. The van der Waals surface area contributed by atoms with Gasteiger partial charge in [-0.05, 0) is 37.7 Å². The van der Waals surface area contributed by atoms with E-state index in [1.165, 1.54) is 12.5 Å². The van der Waals surface area contributed by atoms with Crippen molar-refractivity contribution in [1.82, 2.24) is 0 Å². The number of hydrogen-bond donors (Lipinski definition) is 2. The van der Waals surface area contributed by atoms with E-state index in [4.69, 9.17) is 5.73 Å². The molecular weight excluding hydrogens is 254 g/mol. The van der Waals surface area contributed by atoms with Crippen LogP contribution in [0, 0.1) is 11.6 Å². The van der Waals surface area contributed by atoms with Gasteiger partial charge in [0.2, 0.25) is 0 Å². The van der Waals surface area contributed by atoms with E-state index in [1.807, 2.05) is 11.8 Å². The van der Waals surface area contributed by atoms with Gasteiger partial charge in [-0.3, -0.25) is 0 Å². The Balaban J connectivity index is 2.11. The summed E-state index contributed by atoms with van der Waals surface area (Å²) < 4.78 is 26.9. The van der Waals surface area contributed by atoms with Crippen molar-refractivity contribution in [2.45, 2.75) is 37.0 Å². The van der Waals surface area contributed by atoms with Gasteiger partial charge in [0.05, 0.1) is 11.4 Å². The second-order valence-corrected chi connectivity index (χ2v) is 5.83. The molecule has 5 heteroatoms. The molecule has 3 N–H and O–H groups in total. The minimum absolute atomic E-state index is 0.113. The van der Waals surface area contributed by atoms with Crippen LogP contribution in [0.2, 0.25) is 0 Å². The first-order valence-electron chi connectivity index (χ1n) is 6.14. The molecule has 0 amide bonds. The number of anilines is 2. The minimum atomic E-state index is -0.874. The zero-order chi connectivity index (χ0) is 13.1. The van der Waals surface area contributed by atoms with Crippen LogP contribution >= 0.6 is 11.8 Å². The van der Waals surface area contributed by atoms with Gasteiger partial charge in [0, 0.05) is 11.3 Å². The molecular formula is C13H18F2N2S. The van der Waals surface area contributed by atoms with Gasteiger partial charge >= 0.3 is 0 Å². The third kappa shape index (κ3) is 2.88. The average Bonchev–Trinajstić information content (AvgIpc) is 2.39. The van der Waals surface area contributed by atoms with E-state index in [2.05, 4.69) is 11.6 Å². The van der Waals surface area contributed by atoms with Gasteiger partial charge in [-0.1, -0.05) is 6.42 Å². The zero-order valence-corrected chi connectivity index (χ0v) is 11.2. The number of benzene rings is 1. The Morgan fingerprint density at radius 2 is 2.11 bits per heavy atom. The van der Waals surface area contributed by atoms with E-state index in [1.54, 1.807) is 0 Å². The molecule has 0 aliphatic heterocycles. The molecule has 0 heterocycles. The van der Waals surface area contributed by atoms with Crippen LogP contribution in [0.15, 0.2) is 12.1 Å². The largest absolute Gasteiger partial charge is 0.397 e. The maximum absolute atomic E-state index is 13.7. The first-order chi connectivity index (χ1) is 8.61. The minimum Gasteiger partial charge on any atom is -0.397 e.